The molecule has 0 N–H and O–H groups in total. The van der Waals surface area contributed by atoms with Gasteiger partial charge in [-0.15, -0.1) is 0 Å². The monoisotopic (exact) mass is 357 g/mol. The molecule has 0 saturated heterocycles. The lowest BCUT2D eigenvalue weighted by atomic mass is 10.1. The van der Waals surface area contributed by atoms with E-state index in [-0.39, 0.29) is 11.9 Å². The van der Waals surface area contributed by atoms with Gasteiger partial charge in [-0.25, -0.2) is 4.98 Å². The molecule has 1 aromatic heterocycles. The predicted molar refractivity (Wildman–Crippen MR) is 94.4 cm³/mol. The van der Waals surface area contributed by atoms with Gasteiger partial charge in [0.1, 0.15) is 19.0 Å². The van der Waals surface area contributed by atoms with Crippen molar-refractivity contribution in [1.82, 2.24) is 14.5 Å². The van der Waals surface area contributed by atoms with Crippen LogP contribution in [0.4, 0.5) is 0 Å². The Morgan fingerprint density at radius 1 is 1.31 bits per heavy atom. The van der Waals surface area contributed by atoms with E-state index in [1.807, 2.05) is 37.1 Å². The minimum Gasteiger partial charge on any atom is -0.486 e. The molecule has 2 aromatic rings. The highest BCUT2D eigenvalue weighted by molar-refractivity contribution is 5.98. The molecule has 0 fully saturated rings. The minimum absolute atomic E-state index is 0.0551. The van der Waals surface area contributed by atoms with Crippen molar-refractivity contribution in [2.45, 2.75) is 33.0 Å². The maximum atomic E-state index is 13.2. The number of carbonyl (C=O) groups is 1. The van der Waals surface area contributed by atoms with Crippen molar-refractivity contribution in [3.8, 4) is 11.5 Å². The van der Waals surface area contributed by atoms with E-state index >= 15 is 0 Å². The van der Waals surface area contributed by atoms with E-state index in [4.69, 9.17) is 14.2 Å². The van der Waals surface area contributed by atoms with Gasteiger partial charge in [0.15, 0.2) is 11.5 Å². The molecule has 2 aliphatic rings. The fraction of sp³-hybridized carbons (Fsp3) is 0.474. The largest absolute Gasteiger partial charge is 0.486 e. The van der Waals surface area contributed by atoms with Crippen LogP contribution < -0.4 is 9.47 Å². The summed E-state index contributed by atoms with van der Waals surface area (Å²) in [5.74, 6) is 2.01. The maximum absolute atomic E-state index is 13.2. The zero-order chi connectivity index (χ0) is 18.1. The maximum Gasteiger partial charge on any atom is 0.258 e. The number of carbonyl (C=O) groups excluding carboxylic acids is 1. The van der Waals surface area contributed by atoms with Crippen LogP contribution in [0.15, 0.2) is 24.4 Å². The van der Waals surface area contributed by atoms with Gasteiger partial charge in [0.25, 0.3) is 5.91 Å². The number of rotatable bonds is 4. The van der Waals surface area contributed by atoms with Gasteiger partial charge in [-0.2, -0.15) is 0 Å². The molecule has 1 atom stereocenters. The summed E-state index contributed by atoms with van der Waals surface area (Å²) in [6.07, 6.45) is 1.84. The minimum atomic E-state index is -0.119. The summed E-state index contributed by atoms with van der Waals surface area (Å²) in [5.41, 5.74) is 1.60. The lowest BCUT2D eigenvalue weighted by molar-refractivity contribution is 0.0620. The molecule has 0 bridgehead atoms. The second-order valence-electron chi connectivity index (χ2n) is 6.40. The molecule has 7 heteroatoms. The van der Waals surface area contributed by atoms with Crippen molar-refractivity contribution >= 4 is 5.91 Å². The van der Waals surface area contributed by atoms with Gasteiger partial charge in [0.05, 0.1) is 30.1 Å². The first kappa shape index (κ1) is 16.9. The zero-order valence-corrected chi connectivity index (χ0v) is 15.1. The number of amides is 1. The van der Waals surface area contributed by atoms with E-state index in [0.29, 0.717) is 56.6 Å². The van der Waals surface area contributed by atoms with Gasteiger partial charge >= 0.3 is 0 Å². The second kappa shape index (κ2) is 6.99. The predicted octanol–water partition coefficient (Wildman–Crippen LogP) is 2.41. The fourth-order valence-corrected chi connectivity index (χ4v) is 3.56. The number of fused-ring (bicyclic) bond motifs is 2. The lowest BCUT2D eigenvalue weighted by Gasteiger charge is -2.35. The average molecular weight is 357 g/mol. The molecular weight excluding hydrogens is 334 g/mol. The topological polar surface area (TPSA) is 65.8 Å². The van der Waals surface area contributed by atoms with E-state index in [9.17, 15) is 4.79 Å². The third-order valence-corrected chi connectivity index (χ3v) is 4.89. The summed E-state index contributed by atoms with van der Waals surface area (Å²) < 4.78 is 19.0. The second-order valence-corrected chi connectivity index (χ2v) is 6.40. The molecule has 7 nitrogen and oxygen atoms in total. The third kappa shape index (κ3) is 2.82. The Morgan fingerprint density at radius 3 is 3.00 bits per heavy atom. The van der Waals surface area contributed by atoms with Crippen molar-refractivity contribution in [3.63, 3.8) is 0 Å². The summed E-state index contributed by atoms with van der Waals surface area (Å²) >= 11 is 0. The van der Waals surface area contributed by atoms with Crippen LogP contribution in [0.3, 0.4) is 0 Å². The first-order chi connectivity index (χ1) is 12.7. The van der Waals surface area contributed by atoms with E-state index < -0.39 is 0 Å². The van der Waals surface area contributed by atoms with Crippen LogP contribution in [0.1, 0.15) is 41.8 Å². The Hall–Kier alpha value is -2.54. The van der Waals surface area contributed by atoms with E-state index in [0.717, 1.165) is 11.5 Å². The van der Waals surface area contributed by atoms with Crippen LogP contribution in [-0.2, 0) is 17.9 Å². The molecule has 2 aliphatic heterocycles. The van der Waals surface area contributed by atoms with Gasteiger partial charge in [0, 0.05) is 19.7 Å². The molecule has 0 radical (unpaired) electrons. The highest BCUT2D eigenvalue weighted by atomic mass is 16.6. The molecular formula is C19H23N3O4. The number of hydrogen-bond donors (Lipinski definition) is 0. The lowest BCUT2D eigenvalue weighted by Crippen LogP contribution is -2.41. The summed E-state index contributed by atoms with van der Waals surface area (Å²) in [7, 11) is 0. The number of imidazole rings is 1. The SMILES string of the molecule is CCOCc1cnc2n1CCN(C(=O)c1cccc3c1OCCO3)[C@@H]2C. The van der Waals surface area contributed by atoms with E-state index in [2.05, 4.69) is 9.55 Å². The Morgan fingerprint density at radius 2 is 2.15 bits per heavy atom. The fourth-order valence-electron chi connectivity index (χ4n) is 3.56. The van der Waals surface area contributed by atoms with Gasteiger partial charge in [-0.05, 0) is 26.0 Å². The number of para-hydroxylation sites is 1. The molecule has 4 rings (SSSR count). The number of nitrogens with zero attached hydrogens (tertiary/aromatic N) is 3. The van der Waals surface area contributed by atoms with Crippen molar-refractivity contribution in [2.24, 2.45) is 0 Å². The van der Waals surface area contributed by atoms with Crippen LogP contribution >= 0.6 is 0 Å². The van der Waals surface area contributed by atoms with Crippen LogP contribution in [0.25, 0.3) is 0 Å². The highest BCUT2D eigenvalue weighted by Gasteiger charge is 2.33. The Labute approximate surface area is 152 Å². The smallest absolute Gasteiger partial charge is 0.258 e. The standard InChI is InChI=1S/C19H23N3O4/c1-3-24-12-14-11-20-18-13(2)21(7-8-22(14)18)19(23)15-5-4-6-16-17(15)26-10-9-25-16/h4-6,11,13H,3,7-10,12H2,1-2H3/t13-/m1/s1. The number of benzene rings is 1. The van der Waals surface area contributed by atoms with Crippen molar-refractivity contribution < 1.29 is 19.0 Å². The zero-order valence-electron chi connectivity index (χ0n) is 15.1. The molecule has 138 valence electrons. The Kier molecular flexibility index (Phi) is 4.55. The number of aromatic nitrogens is 2. The summed E-state index contributed by atoms with van der Waals surface area (Å²) in [5, 5.41) is 0. The normalized spacial score (nSPS) is 18.5. The van der Waals surface area contributed by atoms with Crippen molar-refractivity contribution in [2.75, 3.05) is 26.4 Å². The Bertz CT molecular complexity index is 817. The molecule has 1 amide bonds. The molecule has 0 unspecified atom stereocenters. The van der Waals surface area contributed by atoms with Crippen molar-refractivity contribution in [3.05, 3.63) is 41.5 Å². The molecule has 26 heavy (non-hydrogen) atoms. The summed E-state index contributed by atoms with van der Waals surface area (Å²) in [6, 6.07) is 5.34. The van der Waals surface area contributed by atoms with Gasteiger partial charge in [0.2, 0.25) is 0 Å². The van der Waals surface area contributed by atoms with Crippen LogP contribution in [0, 0.1) is 0 Å². The highest BCUT2D eigenvalue weighted by Crippen LogP contribution is 2.36. The summed E-state index contributed by atoms with van der Waals surface area (Å²) in [6.45, 7) is 7.48. The summed E-state index contributed by atoms with van der Waals surface area (Å²) in [4.78, 5) is 19.6. The molecule has 0 saturated carbocycles. The van der Waals surface area contributed by atoms with Crippen LogP contribution in [-0.4, -0.2) is 46.7 Å². The van der Waals surface area contributed by atoms with E-state index in [1.54, 1.807) is 6.07 Å². The van der Waals surface area contributed by atoms with Crippen LogP contribution in [0.2, 0.25) is 0 Å². The van der Waals surface area contributed by atoms with Crippen molar-refractivity contribution in [1.29, 1.82) is 0 Å². The molecule has 0 spiro atoms. The first-order valence-corrected chi connectivity index (χ1v) is 9.02. The first-order valence-electron chi connectivity index (χ1n) is 9.02. The van der Waals surface area contributed by atoms with Gasteiger partial charge in [-0.1, -0.05) is 6.07 Å². The average Bonchev–Trinajstić information content (AvgIpc) is 3.09. The molecule has 3 heterocycles. The number of ether oxygens (including phenoxy) is 3. The Balaban J connectivity index is 1.60. The number of hydrogen-bond acceptors (Lipinski definition) is 5. The van der Waals surface area contributed by atoms with E-state index in [1.165, 1.54) is 0 Å². The molecule has 1 aromatic carbocycles. The molecule has 0 aliphatic carbocycles. The van der Waals surface area contributed by atoms with Gasteiger partial charge in [-0.3, -0.25) is 4.79 Å². The third-order valence-electron chi connectivity index (χ3n) is 4.89. The van der Waals surface area contributed by atoms with Gasteiger partial charge < -0.3 is 23.7 Å². The van der Waals surface area contributed by atoms with Crippen LogP contribution in [0.5, 0.6) is 11.5 Å². The quantitative estimate of drug-likeness (QED) is 0.841.